The van der Waals surface area contributed by atoms with Crippen LogP contribution in [-0.2, 0) is 0 Å². The molecule has 2 fully saturated rings. The van der Waals surface area contributed by atoms with E-state index < -0.39 is 0 Å². The van der Waals surface area contributed by atoms with E-state index in [0.717, 1.165) is 17.9 Å². The summed E-state index contributed by atoms with van der Waals surface area (Å²) < 4.78 is 0. The monoisotopic (exact) mass is 251 g/mol. The summed E-state index contributed by atoms with van der Waals surface area (Å²) in [5, 5.41) is 3.87. The molecule has 2 rings (SSSR count). The highest BCUT2D eigenvalue weighted by molar-refractivity contribution is 4.77. The fourth-order valence-corrected chi connectivity index (χ4v) is 3.90. The summed E-state index contributed by atoms with van der Waals surface area (Å²) in [7, 11) is 0. The van der Waals surface area contributed by atoms with Crippen LogP contribution in [0.5, 0.6) is 0 Å². The smallest absolute Gasteiger partial charge is 0.00671 e. The SMILES string of the molecule is CC(NCC1CCCCCCC1)C1CCCCC1. The Bertz CT molecular complexity index is 198. The number of nitrogens with one attached hydrogen (secondary N) is 1. The molecule has 2 aliphatic carbocycles. The zero-order valence-corrected chi connectivity index (χ0v) is 12.4. The molecule has 18 heavy (non-hydrogen) atoms. The van der Waals surface area contributed by atoms with Crippen molar-refractivity contribution in [2.75, 3.05) is 6.54 Å². The van der Waals surface area contributed by atoms with Gasteiger partial charge in [-0.05, 0) is 51.0 Å². The minimum Gasteiger partial charge on any atom is -0.314 e. The van der Waals surface area contributed by atoms with Crippen LogP contribution in [0.25, 0.3) is 0 Å². The van der Waals surface area contributed by atoms with Crippen molar-refractivity contribution in [3.63, 3.8) is 0 Å². The first-order chi connectivity index (χ1) is 8.86. The summed E-state index contributed by atoms with van der Waals surface area (Å²) in [5.41, 5.74) is 0. The van der Waals surface area contributed by atoms with Crippen LogP contribution >= 0.6 is 0 Å². The minimum atomic E-state index is 0.760. The first-order valence-corrected chi connectivity index (χ1v) is 8.59. The molecule has 2 saturated carbocycles. The average molecular weight is 251 g/mol. The van der Waals surface area contributed by atoms with E-state index >= 15 is 0 Å². The van der Waals surface area contributed by atoms with Crippen molar-refractivity contribution in [1.82, 2.24) is 5.32 Å². The van der Waals surface area contributed by atoms with Crippen LogP contribution in [-0.4, -0.2) is 12.6 Å². The van der Waals surface area contributed by atoms with Gasteiger partial charge < -0.3 is 5.32 Å². The maximum atomic E-state index is 3.87. The maximum Gasteiger partial charge on any atom is 0.00671 e. The molecule has 0 spiro atoms. The minimum absolute atomic E-state index is 0.760. The lowest BCUT2D eigenvalue weighted by Gasteiger charge is -2.30. The molecule has 0 aromatic rings. The van der Waals surface area contributed by atoms with Gasteiger partial charge in [-0.25, -0.2) is 0 Å². The van der Waals surface area contributed by atoms with Crippen LogP contribution in [0.15, 0.2) is 0 Å². The third kappa shape index (κ3) is 4.91. The van der Waals surface area contributed by atoms with Gasteiger partial charge in [0.1, 0.15) is 0 Å². The van der Waals surface area contributed by atoms with E-state index in [1.54, 1.807) is 0 Å². The van der Waals surface area contributed by atoms with Crippen LogP contribution in [0.2, 0.25) is 0 Å². The average Bonchev–Trinajstić information content (AvgIpc) is 2.38. The summed E-state index contributed by atoms with van der Waals surface area (Å²) in [5.74, 6) is 1.93. The first kappa shape index (κ1) is 14.4. The van der Waals surface area contributed by atoms with E-state index in [4.69, 9.17) is 0 Å². The lowest BCUT2D eigenvalue weighted by atomic mass is 9.84. The van der Waals surface area contributed by atoms with Crippen LogP contribution in [0, 0.1) is 11.8 Å². The van der Waals surface area contributed by atoms with Gasteiger partial charge in [0.25, 0.3) is 0 Å². The Balaban J connectivity index is 1.65. The topological polar surface area (TPSA) is 12.0 Å². The Morgan fingerprint density at radius 2 is 1.28 bits per heavy atom. The van der Waals surface area contributed by atoms with Crippen molar-refractivity contribution in [2.45, 2.75) is 90.0 Å². The summed E-state index contributed by atoms with van der Waals surface area (Å²) in [6.07, 6.45) is 17.7. The molecule has 0 aliphatic heterocycles. The highest BCUT2D eigenvalue weighted by atomic mass is 14.9. The van der Waals surface area contributed by atoms with Gasteiger partial charge in [0.2, 0.25) is 0 Å². The standard InChI is InChI=1S/C17H33N/c1-15(17-12-8-5-9-13-17)18-14-16-10-6-3-2-4-7-11-16/h15-18H,2-14H2,1H3. The first-order valence-electron chi connectivity index (χ1n) is 8.59. The molecule has 106 valence electrons. The van der Waals surface area contributed by atoms with Gasteiger partial charge in [-0.1, -0.05) is 51.4 Å². The zero-order chi connectivity index (χ0) is 12.6. The highest BCUT2D eigenvalue weighted by Crippen LogP contribution is 2.27. The predicted octanol–water partition coefficient (Wildman–Crippen LogP) is 4.91. The fraction of sp³-hybridized carbons (Fsp3) is 1.00. The molecule has 2 aliphatic rings. The summed E-state index contributed by atoms with van der Waals surface area (Å²) in [4.78, 5) is 0. The second-order valence-electron chi connectivity index (χ2n) is 6.81. The molecular formula is C17H33N. The van der Waals surface area contributed by atoms with E-state index in [-0.39, 0.29) is 0 Å². The van der Waals surface area contributed by atoms with Gasteiger partial charge in [0, 0.05) is 6.04 Å². The van der Waals surface area contributed by atoms with E-state index in [1.165, 1.54) is 83.6 Å². The molecule has 1 unspecified atom stereocenters. The van der Waals surface area contributed by atoms with Crippen molar-refractivity contribution in [1.29, 1.82) is 0 Å². The van der Waals surface area contributed by atoms with E-state index in [2.05, 4.69) is 12.2 Å². The van der Waals surface area contributed by atoms with E-state index in [0.29, 0.717) is 0 Å². The number of rotatable bonds is 4. The van der Waals surface area contributed by atoms with Crippen molar-refractivity contribution in [3.8, 4) is 0 Å². The van der Waals surface area contributed by atoms with Gasteiger partial charge in [0.15, 0.2) is 0 Å². The molecule has 1 heteroatoms. The lowest BCUT2D eigenvalue weighted by Crippen LogP contribution is -2.37. The van der Waals surface area contributed by atoms with Crippen molar-refractivity contribution >= 4 is 0 Å². The number of hydrogen-bond donors (Lipinski definition) is 1. The fourth-order valence-electron chi connectivity index (χ4n) is 3.90. The van der Waals surface area contributed by atoms with Crippen molar-refractivity contribution in [2.24, 2.45) is 11.8 Å². The molecule has 0 amide bonds. The van der Waals surface area contributed by atoms with E-state index in [9.17, 15) is 0 Å². The van der Waals surface area contributed by atoms with Crippen LogP contribution in [0.3, 0.4) is 0 Å². The normalized spacial score (nSPS) is 26.5. The molecule has 1 atom stereocenters. The van der Waals surface area contributed by atoms with Crippen LogP contribution in [0.1, 0.15) is 84.0 Å². The number of hydrogen-bond acceptors (Lipinski definition) is 1. The largest absolute Gasteiger partial charge is 0.314 e. The van der Waals surface area contributed by atoms with Crippen molar-refractivity contribution in [3.05, 3.63) is 0 Å². The molecule has 0 aromatic heterocycles. The van der Waals surface area contributed by atoms with Gasteiger partial charge in [-0.3, -0.25) is 0 Å². The Labute approximate surface area is 114 Å². The molecule has 1 N–H and O–H groups in total. The molecule has 0 bridgehead atoms. The molecule has 0 aromatic carbocycles. The quantitative estimate of drug-likeness (QED) is 0.749. The van der Waals surface area contributed by atoms with Gasteiger partial charge in [0.05, 0.1) is 0 Å². The molecule has 0 heterocycles. The Hall–Kier alpha value is -0.0400. The predicted molar refractivity (Wildman–Crippen MR) is 79.8 cm³/mol. The molecule has 1 nitrogen and oxygen atoms in total. The van der Waals surface area contributed by atoms with E-state index in [1.807, 2.05) is 0 Å². The van der Waals surface area contributed by atoms with Crippen LogP contribution in [0.4, 0.5) is 0 Å². The van der Waals surface area contributed by atoms with Crippen molar-refractivity contribution < 1.29 is 0 Å². The van der Waals surface area contributed by atoms with Gasteiger partial charge in [-0.15, -0.1) is 0 Å². The molecule has 0 saturated heterocycles. The summed E-state index contributed by atoms with van der Waals surface area (Å²) in [6, 6.07) is 0.760. The Morgan fingerprint density at radius 3 is 1.94 bits per heavy atom. The lowest BCUT2D eigenvalue weighted by molar-refractivity contribution is 0.261. The second kappa shape index (κ2) is 8.19. The zero-order valence-electron chi connectivity index (χ0n) is 12.4. The summed E-state index contributed by atoms with van der Waals surface area (Å²) in [6.45, 7) is 3.72. The van der Waals surface area contributed by atoms with Gasteiger partial charge in [-0.2, -0.15) is 0 Å². The summed E-state index contributed by atoms with van der Waals surface area (Å²) >= 11 is 0. The second-order valence-corrected chi connectivity index (χ2v) is 6.81. The van der Waals surface area contributed by atoms with Crippen LogP contribution < -0.4 is 5.32 Å². The Kier molecular flexibility index (Phi) is 6.54. The third-order valence-electron chi connectivity index (χ3n) is 5.31. The van der Waals surface area contributed by atoms with Gasteiger partial charge >= 0.3 is 0 Å². The highest BCUT2D eigenvalue weighted by Gasteiger charge is 2.20. The maximum absolute atomic E-state index is 3.87. The molecule has 0 radical (unpaired) electrons. The third-order valence-corrected chi connectivity index (χ3v) is 5.31. The molecular weight excluding hydrogens is 218 g/mol. The Morgan fingerprint density at radius 1 is 0.778 bits per heavy atom.